The van der Waals surface area contributed by atoms with Gasteiger partial charge in [0, 0.05) is 19.4 Å². The molecule has 0 aromatic heterocycles. The predicted molar refractivity (Wildman–Crippen MR) is 89.7 cm³/mol. The lowest BCUT2D eigenvalue weighted by Gasteiger charge is -2.17. The van der Waals surface area contributed by atoms with Crippen LogP contribution in [0.2, 0.25) is 0 Å². The highest BCUT2D eigenvalue weighted by Crippen LogP contribution is 2.15. The molecule has 4 N–H and O–H groups in total. The fraction of sp³-hybridized carbons (Fsp3) is 0.812. The first kappa shape index (κ1) is 23.6. The Labute approximate surface area is 139 Å². The molecule has 7 nitrogen and oxygen atoms in total. The standard InChI is InChI=1S/C11H21N3O4.C5H12/c1-7(2)4-8(5-9(15)14-18)11(17)13-6-10(16)12-3;1-4-5(2)3/h7-8,18H,4-6H2,1-3H3,(H,12,16)(H,13,17)(H,14,15);5H,4H2,1-3H3. The second-order valence-corrected chi connectivity index (χ2v) is 6.26. The summed E-state index contributed by atoms with van der Waals surface area (Å²) in [5.41, 5.74) is 1.50. The van der Waals surface area contributed by atoms with E-state index in [0.29, 0.717) is 6.42 Å². The first-order valence-electron chi connectivity index (χ1n) is 8.08. The molecular formula is C16H33N3O4. The van der Waals surface area contributed by atoms with Crippen molar-refractivity contribution in [3.05, 3.63) is 0 Å². The van der Waals surface area contributed by atoms with Crippen molar-refractivity contribution < 1.29 is 19.6 Å². The maximum atomic E-state index is 11.8. The van der Waals surface area contributed by atoms with E-state index in [9.17, 15) is 14.4 Å². The maximum Gasteiger partial charge on any atom is 0.244 e. The van der Waals surface area contributed by atoms with Gasteiger partial charge in [-0.2, -0.15) is 0 Å². The molecule has 0 aromatic carbocycles. The summed E-state index contributed by atoms with van der Waals surface area (Å²) in [5.74, 6) is -0.728. The van der Waals surface area contributed by atoms with Crippen molar-refractivity contribution in [1.82, 2.24) is 16.1 Å². The molecule has 0 saturated heterocycles. The molecule has 0 heterocycles. The number of amides is 3. The van der Waals surface area contributed by atoms with Gasteiger partial charge in [0.2, 0.25) is 17.7 Å². The molecule has 0 rings (SSSR count). The number of hydroxylamine groups is 1. The summed E-state index contributed by atoms with van der Waals surface area (Å²) in [7, 11) is 1.47. The third kappa shape index (κ3) is 15.1. The average molecular weight is 331 g/mol. The summed E-state index contributed by atoms with van der Waals surface area (Å²) in [4.78, 5) is 33.9. The van der Waals surface area contributed by atoms with Gasteiger partial charge in [-0.1, -0.05) is 41.0 Å². The molecular weight excluding hydrogens is 298 g/mol. The van der Waals surface area contributed by atoms with Crippen LogP contribution in [0.5, 0.6) is 0 Å². The number of rotatable bonds is 8. The number of likely N-dealkylation sites (N-methyl/N-ethyl adjacent to an activating group) is 1. The van der Waals surface area contributed by atoms with E-state index in [1.807, 2.05) is 13.8 Å². The fourth-order valence-electron chi connectivity index (χ4n) is 1.52. The van der Waals surface area contributed by atoms with Crippen LogP contribution < -0.4 is 16.1 Å². The molecule has 23 heavy (non-hydrogen) atoms. The quantitative estimate of drug-likeness (QED) is 0.399. The Morgan fingerprint density at radius 3 is 1.87 bits per heavy atom. The second kappa shape index (κ2) is 14.0. The molecule has 0 radical (unpaired) electrons. The smallest absolute Gasteiger partial charge is 0.244 e. The summed E-state index contributed by atoms with van der Waals surface area (Å²) in [5, 5.41) is 13.3. The van der Waals surface area contributed by atoms with Crippen molar-refractivity contribution in [1.29, 1.82) is 0 Å². The Morgan fingerprint density at radius 2 is 1.52 bits per heavy atom. The summed E-state index contributed by atoms with van der Waals surface area (Å²) in [6.45, 7) is 10.4. The Bertz CT molecular complexity index is 357. The highest BCUT2D eigenvalue weighted by Gasteiger charge is 2.23. The average Bonchev–Trinajstić information content (AvgIpc) is 2.51. The minimum Gasteiger partial charge on any atom is -0.358 e. The molecule has 1 atom stereocenters. The van der Waals surface area contributed by atoms with E-state index < -0.39 is 11.8 Å². The van der Waals surface area contributed by atoms with Crippen molar-refractivity contribution in [2.24, 2.45) is 17.8 Å². The van der Waals surface area contributed by atoms with Crippen LogP contribution in [-0.4, -0.2) is 36.5 Å². The lowest BCUT2D eigenvalue weighted by molar-refractivity contribution is -0.135. The third-order valence-electron chi connectivity index (χ3n) is 3.20. The van der Waals surface area contributed by atoms with Gasteiger partial charge in [-0.15, -0.1) is 0 Å². The van der Waals surface area contributed by atoms with Crippen LogP contribution in [0.3, 0.4) is 0 Å². The van der Waals surface area contributed by atoms with Crippen LogP contribution in [0.1, 0.15) is 53.9 Å². The van der Waals surface area contributed by atoms with Gasteiger partial charge in [-0.05, 0) is 18.3 Å². The third-order valence-corrected chi connectivity index (χ3v) is 3.20. The summed E-state index contributed by atoms with van der Waals surface area (Å²) < 4.78 is 0. The van der Waals surface area contributed by atoms with Crippen LogP contribution in [0.4, 0.5) is 0 Å². The van der Waals surface area contributed by atoms with Gasteiger partial charge in [0.05, 0.1) is 6.54 Å². The Kier molecular flexibility index (Phi) is 14.4. The van der Waals surface area contributed by atoms with Crippen molar-refractivity contribution in [3.8, 4) is 0 Å². The lowest BCUT2D eigenvalue weighted by Crippen LogP contribution is -2.40. The van der Waals surface area contributed by atoms with Crippen molar-refractivity contribution in [3.63, 3.8) is 0 Å². The second-order valence-electron chi connectivity index (χ2n) is 6.26. The molecule has 0 aliphatic heterocycles. The van der Waals surface area contributed by atoms with Crippen molar-refractivity contribution in [2.45, 2.75) is 53.9 Å². The molecule has 0 fully saturated rings. The summed E-state index contributed by atoms with van der Waals surface area (Å²) in [6.07, 6.45) is 1.71. The van der Waals surface area contributed by atoms with E-state index in [0.717, 1.165) is 5.92 Å². The molecule has 0 aliphatic carbocycles. The molecule has 0 aromatic rings. The number of hydrogen-bond donors (Lipinski definition) is 4. The van der Waals surface area contributed by atoms with Crippen molar-refractivity contribution >= 4 is 17.7 Å². The topological polar surface area (TPSA) is 108 Å². The number of hydrogen-bond acceptors (Lipinski definition) is 4. The van der Waals surface area contributed by atoms with Crippen molar-refractivity contribution in [2.75, 3.05) is 13.6 Å². The Balaban J connectivity index is 0. The van der Waals surface area contributed by atoms with Gasteiger partial charge in [0.15, 0.2) is 0 Å². The largest absolute Gasteiger partial charge is 0.358 e. The SMILES string of the molecule is CCC(C)C.CNC(=O)CNC(=O)C(CC(=O)NO)CC(C)C. The van der Waals surface area contributed by atoms with Gasteiger partial charge in [-0.25, -0.2) is 5.48 Å². The van der Waals surface area contributed by atoms with Gasteiger partial charge in [0.25, 0.3) is 0 Å². The molecule has 0 saturated carbocycles. The van der Waals surface area contributed by atoms with Crippen LogP contribution in [0, 0.1) is 17.8 Å². The normalized spacial score (nSPS) is 11.3. The van der Waals surface area contributed by atoms with E-state index in [-0.39, 0.29) is 30.7 Å². The van der Waals surface area contributed by atoms with Gasteiger partial charge in [-0.3, -0.25) is 19.6 Å². The lowest BCUT2D eigenvalue weighted by atomic mass is 9.93. The van der Waals surface area contributed by atoms with Gasteiger partial charge >= 0.3 is 0 Å². The molecule has 0 bridgehead atoms. The van der Waals surface area contributed by atoms with Crippen LogP contribution in [-0.2, 0) is 14.4 Å². The van der Waals surface area contributed by atoms with E-state index in [4.69, 9.17) is 5.21 Å². The number of carbonyl (C=O) groups excluding carboxylic acids is 3. The molecule has 136 valence electrons. The van der Waals surface area contributed by atoms with Gasteiger partial charge in [0.1, 0.15) is 0 Å². The first-order valence-corrected chi connectivity index (χ1v) is 8.08. The Hall–Kier alpha value is -1.63. The van der Waals surface area contributed by atoms with Crippen LogP contribution >= 0.6 is 0 Å². The highest BCUT2D eigenvalue weighted by atomic mass is 16.5. The molecule has 0 aliphatic rings. The minimum atomic E-state index is -0.615. The van der Waals surface area contributed by atoms with E-state index in [1.165, 1.54) is 18.9 Å². The first-order chi connectivity index (χ1) is 10.7. The highest BCUT2D eigenvalue weighted by molar-refractivity contribution is 5.88. The fourth-order valence-corrected chi connectivity index (χ4v) is 1.52. The van der Waals surface area contributed by atoms with Crippen LogP contribution in [0.25, 0.3) is 0 Å². The molecule has 1 unspecified atom stereocenters. The van der Waals surface area contributed by atoms with Crippen LogP contribution in [0.15, 0.2) is 0 Å². The van der Waals surface area contributed by atoms with E-state index >= 15 is 0 Å². The Morgan fingerprint density at radius 1 is 1.00 bits per heavy atom. The monoisotopic (exact) mass is 331 g/mol. The van der Waals surface area contributed by atoms with E-state index in [1.54, 1.807) is 0 Å². The number of nitrogens with one attached hydrogen (secondary N) is 3. The van der Waals surface area contributed by atoms with Gasteiger partial charge < -0.3 is 10.6 Å². The number of carbonyl (C=O) groups is 3. The maximum absolute atomic E-state index is 11.8. The summed E-state index contributed by atoms with van der Waals surface area (Å²) >= 11 is 0. The molecule has 7 heteroatoms. The minimum absolute atomic E-state index is 0.103. The zero-order valence-electron chi connectivity index (χ0n) is 15.2. The molecule has 0 spiro atoms. The van der Waals surface area contributed by atoms with E-state index in [2.05, 4.69) is 31.4 Å². The summed E-state index contributed by atoms with van der Waals surface area (Å²) in [6, 6.07) is 0. The predicted octanol–water partition coefficient (Wildman–Crippen LogP) is 1.46. The molecule has 3 amide bonds. The zero-order valence-corrected chi connectivity index (χ0v) is 15.2. The zero-order chi connectivity index (χ0) is 18.4.